The van der Waals surface area contributed by atoms with Crippen molar-refractivity contribution < 1.29 is 28.5 Å². The van der Waals surface area contributed by atoms with E-state index in [9.17, 15) is 14.3 Å². The number of nitrogens with zero attached hydrogens (tertiary/aromatic N) is 3. The molecule has 2 fully saturated rings. The molecule has 0 bridgehead atoms. The zero-order chi connectivity index (χ0) is 19.6. The average molecular weight is 382 g/mol. The van der Waals surface area contributed by atoms with Gasteiger partial charge in [0.2, 0.25) is 5.91 Å². The highest BCUT2D eigenvalue weighted by atomic mass is 19.1. The maximum absolute atomic E-state index is 14.2. The third-order valence-corrected chi connectivity index (χ3v) is 4.59. The van der Waals surface area contributed by atoms with Crippen LogP contribution in [0.2, 0.25) is 0 Å². The summed E-state index contributed by atoms with van der Waals surface area (Å²) in [6.07, 6.45) is -6.68. The summed E-state index contributed by atoms with van der Waals surface area (Å²) in [5.74, 6) is -0.865. The molecule has 3 rings (SSSR count). The molecule has 2 aliphatic rings. The number of aliphatic hydroxyl groups is 1. The summed E-state index contributed by atoms with van der Waals surface area (Å²) in [6, 6.07) is 8.14. The van der Waals surface area contributed by atoms with Crippen molar-refractivity contribution in [2.45, 2.75) is 50.0 Å². The van der Waals surface area contributed by atoms with Crippen molar-refractivity contribution >= 4 is 5.91 Å². The van der Waals surface area contributed by atoms with Crippen LogP contribution in [0.3, 0.4) is 0 Å². The number of fused-ring (bicyclic) bond motifs is 1. The number of primary amides is 1. The van der Waals surface area contributed by atoms with Gasteiger partial charge < -0.3 is 25.1 Å². The second-order valence-corrected chi connectivity index (χ2v) is 6.40. The Morgan fingerprint density at radius 1 is 1.37 bits per heavy atom. The van der Waals surface area contributed by atoms with Gasteiger partial charge in [0, 0.05) is 5.56 Å². The van der Waals surface area contributed by atoms with E-state index in [2.05, 4.69) is 10.3 Å². The first-order valence-corrected chi connectivity index (χ1v) is 8.61. The van der Waals surface area contributed by atoms with Crippen LogP contribution < -0.4 is 5.73 Å². The number of halogens is 1. The van der Waals surface area contributed by atoms with E-state index in [0.717, 1.165) is 10.6 Å². The van der Waals surface area contributed by atoms with Crippen LogP contribution in [0.5, 0.6) is 0 Å². The van der Waals surface area contributed by atoms with E-state index in [0.29, 0.717) is 0 Å². The quantitative estimate of drug-likeness (QED) is 0.440. The molecule has 9 nitrogen and oxygen atoms in total. The Kier molecular flexibility index (Phi) is 6.00. The fourth-order valence-electron chi connectivity index (χ4n) is 3.40. The fraction of sp³-hybridized carbons (Fsp3) is 0.588. The Morgan fingerprint density at radius 3 is 2.67 bits per heavy atom. The molecule has 0 saturated carbocycles. The van der Waals surface area contributed by atoms with Crippen molar-refractivity contribution in [3.05, 3.63) is 35.9 Å². The van der Waals surface area contributed by atoms with Crippen molar-refractivity contribution in [1.29, 1.82) is 0 Å². The van der Waals surface area contributed by atoms with Gasteiger partial charge in [-0.25, -0.2) is 9.40 Å². The smallest absolute Gasteiger partial charge is 0.249 e. The maximum Gasteiger partial charge on any atom is 0.249 e. The van der Waals surface area contributed by atoms with Gasteiger partial charge >= 0.3 is 0 Å². The van der Waals surface area contributed by atoms with E-state index >= 15 is 0 Å². The van der Waals surface area contributed by atoms with E-state index < -0.39 is 49.0 Å². The van der Waals surface area contributed by atoms with Gasteiger partial charge in [-0.15, -0.1) is 0 Å². The third kappa shape index (κ3) is 3.93. The minimum atomic E-state index is -1.60. The van der Waals surface area contributed by atoms with Crippen molar-refractivity contribution in [1.82, 2.24) is 5.01 Å². The maximum atomic E-state index is 14.2. The zero-order valence-electron chi connectivity index (χ0n) is 15.0. The minimum absolute atomic E-state index is 0.0784. The molecule has 7 atom stereocenters. The predicted molar refractivity (Wildman–Crippen MR) is 90.8 cm³/mol. The summed E-state index contributed by atoms with van der Waals surface area (Å²) in [6.45, 7) is 1.33. The Balaban J connectivity index is 1.93. The van der Waals surface area contributed by atoms with Crippen molar-refractivity contribution in [2.24, 2.45) is 16.1 Å². The van der Waals surface area contributed by atoms with Crippen LogP contribution in [0.1, 0.15) is 18.8 Å². The molecule has 27 heavy (non-hydrogen) atoms. The second-order valence-electron chi connectivity index (χ2n) is 6.40. The Morgan fingerprint density at radius 2 is 2.07 bits per heavy atom. The van der Waals surface area contributed by atoms with Gasteiger partial charge in [-0.1, -0.05) is 35.6 Å². The van der Waals surface area contributed by atoms with Crippen LogP contribution in [0.25, 0.3) is 0 Å². The average Bonchev–Trinajstić information content (AvgIpc) is 2.66. The number of nitrogens with two attached hydrogens (primary N) is 1. The number of rotatable bonds is 5. The summed E-state index contributed by atoms with van der Waals surface area (Å²) >= 11 is 0. The molecule has 3 N–H and O–H groups in total. The summed E-state index contributed by atoms with van der Waals surface area (Å²) in [7, 11) is 1.38. The molecule has 0 aromatic heterocycles. The molecule has 2 heterocycles. The molecular weight excluding hydrogens is 359 g/mol. The largest absolute Gasteiger partial charge is 0.388 e. The second kappa shape index (κ2) is 8.26. The summed E-state index contributed by atoms with van der Waals surface area (Å²) in [5.41, 5.74) is 6.10. The van der Waals surface area contributed by atoms with Gasteiger partial charge in [0.1, 0.15) is 24.4 Å². The molecule has 1 aromatic rings. The van der Waals surface area contributed by atoms with Crippen LogP contribution in [-0.4, -0.2) is 66.4 Å². The van der Waals surface area contributed by atoms with Crippen molar-refractivity contribution in [3.8, 4) is 0 Å². The Labute approximate surface area is 155 Å². The Bertz CT molecular complexity index is 677. The van der Waals surface area contributed by atoms with Gasteiger partial charge in [0.25, 0.3) is 0 Å². The molecule has 10 heteroatoms. The first-order valence-electron chi connectivity index (χ1n) is 8.61. The summed E-state index contributed by atoms with van der Waals surface area (Å²) < 4.78 is 31.5. The minimum Gasteiger partial charge on any atom is -0.388 e. The van der Waals surface area contributed by atoms with Crippen LogP contribution in [0, 0.1) is 0 Å². The van der Waals surface area contributed by atoms with Gasteiger partial charge in [-0.3, -0.25) is 4.79 Å². The van der Waals surface area contributed by atoms with E-state index in [1.54, 1.807) is 0 Å². The third-order valence-electron chi connectivity index (χ3n) is 4.59. The van der Waals surface area contributed by atoms with E-state index in [1.165, 1.54) is 14.0 Å². The van der Waals surface area contributed by atoms with Crippen LogP contribution in [0.4, 0.5) is 4.39 Å². The van der Waals surface area contributed by atoms with Crippen LogP contribution >= 0.6 is 0 Å². The lowest BCUT2D eigenvalue weighted by Crippen LogP contribution is -2.68. The monoisotopic (exact) mass is 382 g/mol. The SMILES string of the molecule is CN=NN(C(C)F)[C@@H]1[C@@H](O)[C@H](C(N)=O)O[C@@H]2COC(c3ccccc3)O[C@H]12. The van der Waals surface area contributed by atoms with E-state index in [-0.39, 0.29) is 6.61 Å². The van der Waals surface area contributed by atoms with Crippen molar-refractivity contribution in [3.63, 3.8) is 0 Å². The van der Waals surface area contributed by atoms with Gasteiger partial charge in [-0.05, 0) is 6.92 Å². The number of ether oxygens (including phenoxy) is 3. The number of amides is 1. The summed E-state index contributed by atoms with van der Waals surface area (Å²) in [4.78, 5) is 11.7. The highest BCUT2D eigenvalue weighted by Crippen LogP contribution is 2.36. The molecule has 2 aliphatic heterocycles. The van der Waals surface area contributed by atoms with Crippen LogP contribution in [0.15, 0.2) is 40.7 Å². The normalized spacial score (nSPS) is 34.8. The number of hydrogen-bond acceptors (Lipinski definition) is 7. The number of aliphatic hydroxyl groups excluding tert-OH is 1. The standard InChI is InChI=1S/C17H23FN4O5/c1-9(18)22(21-20-2)12-13(23)15(16(19)24)26-11-8-25-17(27-14(11)12)10-6-4-3-5-7-10/h3-7,9,11-15,17,23H,8H2,1-2H3,(H2,19,24)/t9?,11-,12-,13-,14+,15-,17?/m1/s1. The number of benzene rings is 1. The molecule has 0 radical (unpaired) electrons. The topological polar surface area (TPSA) is 119 Å². The first kappa shape index (κ1) is 19.6. The van der Waals surface area contributed by atoms with E-state index in [4.69, 9.17) is 19.9 Å². The molecular formula is C17H23FN4O5. The molecule has 148 valence electrons. The number of carbonyl (C=O) groups excluding carboxylic acids is 1. The fourth-order valence-corrected chi connectivity index (χ4v) is 3.40. The number of carbonyl (C=O) groups is 1. The first-order chi connectivity index (χ1) is 12.9. The molecule has 0 aliphatic carbocycles. The lowest BCUT2D eigenvalue weighted by molar-refractivity contribution is -0.319. The molecule has 0 spiro atoms. The summed E-state index contributed by atoms with van der Waals surface area (Å²) in [5, 5.41) is 19.0. The molecule has 1 amide bonds. The highest BCUT2D eigenvalue weighted by molar-refractivity contribution is 5.79. The number of alkyl halides is 1. The molecule has 2 unspecified atom stereocenters. The molecule has 2 saturated heterocycles. The molecule has 1 aromatic carbocycles. The van der Waals surface area contributed by atoms with Crippen molar-refractivity contribution in [2.75, 3.05) is 13.7 Å². The zero-order valence-corrected chi connectivity index (χ0v) is 15.0. The lowest BCUT2D eigenvalue weighted by atomic mass is 9.90. The predicted octanol–water partition coefficient (Wildman–Crippen LogP) is 0.697. The van der Waals surface area contributed by atoms with E-state index in [1.807, 2.05) is 30.3 Å². The van der Waals surface area contributed by atoms with Crippen LogP contribution in [-0.2, 0) is 19.0 Å². The van der Waals surface area contributed by atoms with Gasteiger partial charge in [-0.2, -0.15) is 5.11 Å². The highest BCUT2D eigenvalue weighted by Gasteiger charge is 2.54. The lowest BCUT2D eigenvalue weighted by Gasteiger charge is -2.49. The van der Waals surface area contributed by atoms with Gasteiger partial charge in [0.05, 0.1) is 13.7 Å². The Hall–Kier alpha value is -2.14. The van der Waals surface area contributed by atoms with Gasteiger partial charge in [0.15, 0.2) is 18.7 Å². The number of hydrogen-bond donors (Lipinski definition) is 2.